The number of fused-ring (bicyclic) bond motifs is 1. The van der Waals surface area contributed by atoms with Gasteiger partial charge in [0.15, 0.2) is 6.29 Å². The van der Waals surface area contributed by atoms with E-state index in [2.05, 4.69) is 10.3 Å². The van der Waals surface area contributed by atoms with Gasteiger partial charge in [-0.2, -0.15) is 0 Å². The maximum Gasteiger partial charge on any atom is 0.170 e. The second-order valence-electron chi connectivity index (χ2n) is 3.77. The molecule has 0 aromatic carbocycles. The molecule has 0 aliphatic rings. The third kappa shape index (κ3) is 1.72. The summed E-state index contributed by atoms with van der Waals surface area (Å²) in [5.74, 6) is 0.935. The fraction of sp³-hybridized carbons (Fsp3) is 0.333. The number of carbonyl (C=O) groups is 1. The van der Waals surface area contributed by atoms with E-state index in [9.17, 15) is 4.79 Å². The van der Waals surface area contributed by atoms with Crippen LogP contribution in [-0.4, -0.2) is 29.3 Å². The summed E-state index contributed by atoms with van der Waals surface area (Å²) in [5, 5.41) is 3.09. The Kier molecular flexibility index (Phi) is 3.01. The van der Waals surface area contributed by atoms with Gasteiger partial charge in [-0.15, -0.1) is 0 Å². The Morgan fingerprint density at radius 2 is 2.31 bits per heavy atom. The van der Waals surface area contributed by atoms with Crippen molar-refractivity contribution in [3.8, 4) is 0 Å². The number of imidazole rings is 1. The molecular weight excluding hydrogens is 202 g/mol. The fourth-order valence-corrected chi connectivity index (χ4v) is 1.90. The molecule has 2 aromatic rings. The Hall–Kier alpha value is -1.68. The lowest BCUT2D eigenvalue weighted by Crippen LogP contribution is -2.12. The summed E-state index contributed by atoms with van der Waals surface area (Å²) in [5.41, 5.74) is 2.51. The Balaban J connectivity index is 2.59. The number of aldehydes is 1. The number of hydrogen-bond donors (Lipinski definition) is 1. The first kappa shape index (κ1) is 10.8. The first-order chi connectivity index (χ1) is 7.77. The van der Waals surface area contributed by atoms with Crippen molar-refractivity contribution in [3.63, 3.8) is 0 Å². The molecule has 0 saturated carbocycles. The Bertz CT molecular complexity index is 516. The summed E-state index contributed by atoms with van der Waals surface area (Å²) in [6.07, 6.45) is 1.63. The second-order valence-corrected chi connectivity index (χ2v) is 3.77. The molecule has 16 heavy (non-hydrogen) atoms. The van der Waals surface area contributed by atoms with Crippen molar-refractivity contribution in [3.05, 3.63) is 35.4 Å². The maximum atomic E-state index is 10.9. The molecule has 0 aliphatic carbocycles. The van der Waals surface area contributed by atoms with Crippen molar-refractivity contribution in [2.45, 2.75) is 13.3 Å². The molecule has 0 bridgehead atoms. The Morgan fingerprint density at radius 3 is 3.00 bits per heavy atom. The molecular formula is C12H15N3O. The summed E-state index contributed by atoms with van der Waals surface area (Å²) in [4.78, 5) is 15.3. The summed E-state index contributed by atoms with van der Waals surface area (Å²) in [6, 6.07) is 5.89. The Morgan fingerprint density at radius 1 is 1.50 bits per heavy atom. The van der Waals surface area contributed by atoms with Crippen LogP contribution in [0.5, 0.6) is 0 Å². The molecule has 2 rings (SSSR count). The second kappa shape index (κ2) is 4.45. The van der Waals surface area contributed by atoms with Gasteiger partial charge in [-0.3, -0.25) is 4.79 Å². The van der Waals surface area contributed by atoms with Crippen LogP contribution in [-0.2, 0) is 6.42 Å². The minimum Gasteiger partial charge on any atom is -0.319 e. The van der Waals surface area contributed by atoms with Crippen molar-refractivity contribution < 1.29 is 4.79 Å². The quantitative estimate of drug-likeness (QED) is 0.783. The summed E-state index contributed by atoms with van der Waals surface area (Å²) in [6.45, 7) is 2.87. The number of nitrogens with one attached hydrogen (secondary N) is 1. The summed E-state index contributed by atoms with van der Waals surface area (Å²) in [7, 11) is 1.91. The van der Waals surface area contributed by atoms with Crippen LogP contribution in [0.3, 0.4) is 0 Å². The molecule has 0 fully saturated rings. The SMILES string of the molecule is CNCCc1nc(C=O)c2cccc(C)n12. The van der Waals surface area contributed by atoms with E-state index in [1.54, 1.807) is 0 Å². The molecule has 0 atom stereocenters. The predicted molar refractivity (Wildman–Crippen MR) is 62.9 cm³/mol. The lowest BCUT2D eigenvalue weighted by molar-refractivity contribution is 0.112. The van der Waals surface area contributed by atoms with E-state index in [1.165, 1.54) is 0 Å². The van der Waals surface area contributed by atoms with E-state index in [0.29, 0.717) is 5.69 Å². The number of aryl methyl sites for hydroxylation is 1. The number of pyridine rings is 1. The predicted octanol–water partition coefficient (Wildman–Crippen LogP) is 1.22. The maximum absolute atomic E-state index is 10.9. The highest BCUT2D eigenvalue weighted by Gasteiger charge is 2.10. The van der Waals surface area contributed by atoms with Gasteiger partial charge in [0.2, 0.25) is 0 Å². The highest BCUT2D eigenvalue weighted by Crippen LogP contribution is 2.14. The average molecular weight is 217 g/mol. The zero-order valence-corrected chi connectivity index (χ0v) is 9.53. The lowest BCUT2D eigenvalue weighted by Gasteiger charge is -2.04. The van der Waals surface area contributed by atoms with E-state index in [-0.39, 0.29) is 0 Å². The molecule has 0 amide bonds. The van der Waals surface area contributed by atoms with Crippen molar-refractivity contribution in [1.82, 2.24) is 14.7 Å². The zero-order valence-electron chi connectivity index (χ0n) is 9.53. The van der Waals surface area contributed by atoms with Gasteiger partial charge < -0.3 is 9.72 Å². The van der Waals surface area contributed by atoms with E-state index in [0.717, 1.165) is 36.3 Å². The first-order valence-corrected chi connectivity index (χ1v) is 5.34. The molecule has 2 heterocycles. The molecule has 4 heteroatoms. The molecule has 1 N–H and O–H groups in total. The molecule has 0 spiro atoms. The lowest BCUT2D eigenvalue weighted by atomic mass is 10.3. The number of likely N-dealkylation sites (N-methyl/N-ethyl adjacent to an activating group) is 1. The number of aromatic nitrogens is 2. The topological polar surface area (TPSA) is 46.4 Å². The summed E-state index contributed by atoms with van der Waals surface area (Å²) < 4.78 is 2.04. The van der Waals surface area contributed by atoms with Gasteiger partial charge in [0.05, 0.1) is 5.52 Å². The minimum atomic E-state index is 0.523. The van der Waals surface area contributed by atoms with E-state index in [4.69, 9.17) is 0 Å². The van der Waals surface area contributed by atoms with Crippen LogP contribution in [0.1, 0.15) is 22.0 Å². The number of rotatable bonds is 4. The smallest absolute Gasteiger partial charge is 0.170 e. The molecule has 0 aliphatic heterocycles. The van der Waals surface area contributed by atoms with Crippen LogP contribution < -0.4 is 5.32 Å². The third-order valence-corrected chi connectivity index (χ3v) is 2.67. The van der Waals surface area contributed by atoms with Gasteiger partial charge in [-0.25, -0.2) is 4.98 Å². The highest BCUT2D eigenvalue weighted by atomic mass is 16.1. The van der Waals surface area contributed by atoms with Crippen LogP contribution in [0.25, 0.3) is 5.52 Å². The molecule has 0 saturated heterocycles. The fourth-order valence-electron chi connectivity index (χ4n) is 1.90. The van der Waals surface area contributed by atoms with Crippen LogP contribution >= 0.6 is 0 Å². The van der Waals surface area contributed by atoms with E-state index < -0.39 is 0 Å². The van der Waals surface area contributed by atoms with Gasteiger partial charge in [0, 0.05) is 18.7 Å². The number of nitrogens with zero attached hydrogens (tertiary/aromatic N) is 2. The minimum absolute atomic E-state index is 0.523. The number of carbonyl (C=O) groups excluding carboxylic acids is 1. The van der Waals surface area contributed by atoms with Crippen LogP contribution in [0, 0.1) is 6.92 Å². The highest BCUT2D eigenvalue weighted by molar-refractivity contribution is 5.83. The van der Waals surface area contributed by atoms with Gasteiger partial charge in [0.25, 0.3) is 0 Å². The molecule has 2 aromatic heterocycles. The molecule has 0 unspecified atom stereocenters. The number of hydrogen-bond acceptors (Lipinski definition) is 3. The van der Waals surface area contributed by atoms with Crippen molar-refractivity contribution in [2.75, 3.05) is 13.6 Å². The molecule has 84 valence electrons. The molecule has 0 radical (unpaired) electrons. The summed E-state index contributed by atoms with van der Waals surface area (Å²) >= 11 is 0. The van der Waals surface area contributed by atoms with Gasteiger partial charge in [0.1, 0.15) is 11.5 Å². The van der Waals surface area contributed by atoms with Gasteiger partial charge in [-0.05, 0) is 26.1 Å². The standard InChI is InChI=1S/C12H15N3O/c1-9-4-3-5-11-10(8-16)14-12(15(9)11)6-7-13-2/h3-5,8,13H,6-7H2,1-2H3. The van der Waals surface area contributed by atoms with E-state index in [1.807, 2.05) is 36.6 Å². The van der Waals surface area contributed by atoms with Crippen molar-refractivity contribution in [2.24, 2.45) is 0 Å². The first-order valence-electron chi connectivity index (χ1n) is 5.34. The normalized spacial score (nSPS) is 10.9. The van der Waals surface area contributed by atoms with E-state index >= 15 is 0 Å². The largest absolute Gasteiger partial charge is 0.319 e. The van der Waals surface area contributed by atoms with Crippen molar-refractivity contribution >= 4 is 11.8 Å². The van der Waals surface area contributed by atoms with Crippen LogP contribution in [0.15, 0.2) is 18.2 Å². The monoisotopic (exact) mass is 217 g/mol. The van der Waals surface area contributed by atoms with Crippen molar-refractivity contribution in [1.29, 1.82) is 0 Å². The Labute approximate surface area is 94.3 Å². The van der Waals surface area contributed by atoms with Gasteiger partial charge >= 0.3 is 0 Å². The third-order valence-electron chi connectivity index (χ3n) is 2.67. The average Bonchev–Trinajstić information content (AvgIpc) is 2.66. The van der Waals surface area contributed by atoms with Crippen LogP contribution in [0.2, 0.25) is 0 Å². The van der Waals surface area contributed by atoms with Crippen LogP contribution in [0.4, 0.5) is 0 Å². The molecule has 4 nitrogen and oxygen atoms in total. The zero-order chi connectivity index (χ0) is 11.5. The van der Waals surface area contributed by atoms with Gasteiger partial charge in [-0.1, -0.05) is 6.07 Å².